The molecule has 0 radical (unpaired) electrons. The van der Waals surface area contributed by atoms with E-state index >= 15 is 0 Å². The van der Waals surface area contributed by atoms with Gasteiger partial charge >= 0.3 is 11.9 Å². The summed E-state index contributed by atoms with van der Waals surface area (Å²) in [5, 5.41) is 42.4. The number of aliphatic carboxylic acids is 2. The second-order valence-corrected chi connectivity index (χ2v) is 2.39. The van der Waals surface area contributed by atoms with E-state index in [4.69, 9.17) is 25.5 Å². The van der Waals surface area contributed by atoms with Gasteiger partial charge in [-0.05, 0) is 0 Å². The molecular weight excluding hydrogens is 200 g/mol. The lowest BCUT2D eigenvalue weighted by molar-refractivity contribution is -0.166. The molecule has 0 spiro atoms. The van der Waals surface area contributed by atoms with Gasteiger partial charge in [0.05, 0.1) is 0 Å². The number of carbonyl (C=O) groups is 3. The van der Waals surface area contributed by atoms with Crippen molar-refractivity contribution in [2.24, 2.45) is 0 Å². The Kier molecular flexibility index (Phi) is 4.15. The molecule has 0 heterocycles. The fourth-order valence-electron chi connectivity index (χ4n) is 0.600. The SMILES string of the molecule is O=C(O)C(=O)C(O)C(O)C(O)C(=O)O. The molecule has 14 heavy (non-hydrogen) atoms. The van der Waals surface area contributed by atoms with Gasteiger partial charge in [0, 0.05) is 0 Å². The van der Waals surface area contributed by atoms with Gasteiger partial charge in [-0.3, -0.25) is 4.79 Å². The lowest BCUT2D eigenvalue weighted by Crippen LogP contribution is -2.47. The number of aliphatic hydroxyl groups is 3. The molecule has 0 fully saturated rings. The number of hydrogen-bond acceptors (Lipinski definition) is 6. The van der Waals surface area contributed by atoms with Gasteiger partial charge in [-0.1, -0.05) is 0 Å². The number of hydrogen-bond donors (Lipinski definition) is 5. The summed E-state index contributed by atoms with van der Waals surface area (Å²) in [7, 11) is 0. The van der Waals surface area contributed by atoms with Crippen LogP contribution in [0.3, 0.4) is 0 Å². The largest absolute Gasteiger partial charge is 0.479 e. The molecule has 8 nitrogen and oxygen atoms in total. The van der Waals surface area contributed by atoms with Crippen LogP contribution in [-0.4, -0.2) is 61.6 Å². The smallest absolute Gasteiger partial charge is 0.375 e. The third-order valence-electron chi connectivity index (χ3n) is 1.38. The van der Waals surface area contributed by atoms with E-state index < -0.39 is 36.0 Å². The second-order valence-electron chi connectivity index (χ2n) is 2.39. The average Bonchev–Trinajstić information content (AvgIpc) is 2.12. The molecule has 0 aliphatic heterocycles. The molecule has 5 N–H and O–H groups in total. The number of ketones is 1. The summed E-state index contributed by atoms with van der Waals surface area (Å²) in [4.78, 5) is 30.5. The third kappa shape index (κ3) is 2.76. The Balaban J connectivity index is 4.54. The predicted octanol–water partition coefficient (Wildman–Crippen LogP) is -3.19. The summed E-state index contributed by atoms with van der Waals surface area (Å²) in [5.74, 6) is -5.71. The molecule has 0 rings (SSSR count). The zero-order valence-electron chi connectivity index (χ0n) is 6.69. The quantitative estimate of drug-likeness (QED) is 0.296. The van der Waals surface area contributed by atoms with Crippen molar-refractivity contribution in [3.63, 3.8) is 0 Å². The van der Waals surface area contributed by atoms with Gasteiger partial charge in [-0.2, -0.15) is 0 Å². The lowest BCUT2D eigenvalue weighted by Gasteiger charge is -2.17. The molecule has 0 saturated heterocycles. The van der Waals surface area contributed by atoms with Crippen LogP contribution >= 0.6 is 0 Å². The van der Waals surface area contributed by atoms with E-state index in [0.717, 1.165) is 0 Å². The standard InChI is InChI=1S/C6H8O8/c7-1(3(9)5(11)12)2(8)4(10)6(13)14/h1-3,7-9H,(H,11,12)(H,13,14). The minimum Gasteiger partial charge on any atom is -0.479 e. The minimum absolute atomic E-state index is 1.79. The zero-order chi connectivity index (χ0) is 11.5. The maximum atomic E-state index is 10.5. The van der Waals surface area contributed by atoms with E-state index in [1.807, 2.05) is 0 Å². The van der Waals surface area contributed by atoms with E-state index in [-0.39, 0.29) is 0 Å². The number of aliphatic hydroxyl groups excluding tert-OH is 3. The van der Waals surface area contributed by atoms with Crippen molar-refractivity contribution in [3.8, 4) is 0 Å². The normalized spacial score (nSPS) is 16.8. The van der Waals surface area contributed by atoms with E-state index in [0.29, 0.717) is 0 Å². The van der Waals surface area contributed by atoms with E-state index in [1.165, 1.54) is 0 Å². The van der Waals surface area contributed by atoms with Crippen LogP contribution in [0.15, 0.2) is 0 Å². The monoisotopic (exact) mass is 208 g/mol. The molecule has 0 aliphatic rings. The van der Waals surface area contributed by atoms with Crippen molar-refractivity contribution in [2.75, 3.05) is 0 Å². The number of carbonyl (C=O) groups excluding carboxylic acids is 1. The highest BCUT2D eigenvalue weighted by Gasteiger charge is 2.37. The Morgan fingerprint density at radius 1 is 0.857 bits per heavy atom. The predicted molar refractivity (Wildman–Crippen MR) is 38.3 cm³/mol. The Bertz CT molecular complexity index is 259. The third-order valence-corrected chi connectivity index (χ3v) is 1.38. The van der Waals surface area contributed by atoms with Gasteiger partial charge in [-0.25, -0.2) is 9.59 Å². The summed E-state index contributed by atoms with van der Waals surface area (Å²) in [6.07, 6.45) is -7.28. The topological polar surface area (TPSA) is 152 Å². The zero-order valence-corrected chi connectivity index (χ0v) is 6.69. The first kappa shape index (κ1) is 12.5. The number of carboxylic acids is 2. The van der Waals surface area contributed by atoms with Crippen LogP contribution < -0.4 is 0 Å². The number of Topliss-reactive ketones (excluding diaryl/α,β-unsaturated/α-hetero) is 1. The van der Waals surface area contributed by atoms with Crippen LogP contribution in [0.4, 0.5) is 0 Å². The van der Waals surface area contributed by atoms with Crippen molar-refractivity contribution in [1.82, 2.24) is 0 Å². The summed E-state index contributed by atoms with van der Waals surface area (Å²) in [6.45, 7) is 0. The molecular formula is C6H8O8. The maximum absolute atomic E-state index is 10.5. The molecule has 80 valence electrons. The maximum Gasteiger partial charge on any atom is 0.375 e. The van der Waals surface area contributed by atoms with Crippen molar-refractivity contribution in [1.29, 1.82) is 0 Å². The Morgan fingerprint density at radius 3 is 1.57 bits per heavy atom. The highest BCUT2D eigenvalue weighted by Crippen LogP contribution is 2.02. The Labute approximate surface area is 77.0 Å². The number of carboxylic acid groups (broad SMARTS) is 2. The average molecular weight is 208 g/mol. The first-order valence-corrected chi connectivity index (χ1v) is 3.33. The molecule has 8 heteroatoms. The highest BCUT2D eigenvalue weighted by molar-refractivity contribution is 6.34. The summed E-state index contributed by atoms with van der Waals surface area (Å²) in [6, 6.07) is 0. The van der Waals surface area contributed by atoms with Crippen molar-refractivity contribution >= 4 is 17.7 Å². The van der Waals surface area contributed by atoms with Crippen molar-refractivity contribution in [2.45, 2.75) is 18.3 Å². The van der Waals surface area contributed by atoms with Crippen molar-refractivity contribution in [3.05, 3.63) is 0 Å². The summed E-state index contributed by atoms with van der Waals surface area (Å²) in [5.41, 5.74) is 0. The molecule has 0 aromatic heterocycles. The van der Waals surface area contributed by atoms with Gasteiger partial charge in [-0.15, -0.1) is 0 Å². The van der Waals surface area contributed by atoms with E-state index in [9.17, 15) is 14.4 Å². The second kappa shape index (κ2) is 4.65. The van der Waals surface area contributed by atoms with Crippen LogP contribution in [0, 0.1) is 0 Å². The van der Waals surface area contributed by atoms with E-state index in [2.05, 4.69) is 0 Å². The van der Waals surface area contributed by atoms with Crippen LogP contribution in [0.5, 0.6) is 0 Å². The summed E-state index contributed by atoms with van der Waals surface area (Å²) < 4.78 is 0. The Morgan fingerprint density at radius 2 is 1.29 bits per heavy atom. The first-order chi connectivity index (χ1) is 6.29. The van der Waals surface area contributed by atoms with Crippen molar-refractivity contribution < 1.29 is 39.9 Å². The number of rotatable bonds is 5. The summed E-state index contributed by atoms with van der Waals surface area (Å²) >= 11 is 0. The van der Waals surface area contributed by atoms with Gasteiger partial charge < -0.3 is 25.5 Å². The fourth-order valence-corrected chi connectivity index (χ4v) is 0.600. The van der Waals surface area contributed by atoms with Gasteiger partial charge in [0.25, 0.3) is 5.78 Å². The Hall–Kier alpha value is -1.51. The molecule has 0 bridgehead atoms. The highest BCUT2D eigenvalue weighted by atomic mass is 16.4. The molecule has 0 amide bonds. The van der Waals surface area contributed by atoms with Crippen LogP contribution in [0.2, 0.25) is 0 Å². The van der Waals surface area contributed by atoms with Crippen LogP contribution in [0.1, 0.15) is 0 Å². The molecule has 0 aliphatic carbocycles. The molecule has 3 unspecified atom stereocenters. The molecule has 0 aromatic rings. The van der Waals surface area contributed by atoms with Crippen LogP contribution in [-0.2, 0) is 14.4 Å². The minimum atomic E-state index is -2.47. The van der Waals surface area contributed by atoms with Gasteiger partial charge in [0.2, 0.25) is 0 Å². The first-order valence-electron chi connectivity index (χ1n) is 3.33. The molecule has 3 atom stereocenters. The fraction of sp³-hybridized carbons (Fsp3) is 0.500. The van der Waals surface area contributed by atoms with Gasteiger partial charge in [0.15, 0.2) is 12.2 Å². The lowest BCUT2D eigenvalue weighted by atomic mass is 10.0. The molecule has 0 aromatic carbocycles. The van der Waals surface area contributed by atoms with E-state index in [1.54, 1.807) is 0 Å². The van der Waals surface area contributed by atoms with Gasteiger partial charge in [0.1, 0.15) is 6.10 Å². The van der Waals surface area contributed by atoms with Crippen LogP contribution in [0.25, 0.3) is 0 Å². The molecule has 0 saturated carbocycles.